The number of nitrogens with one attached hydrogen (secondary N) is 2. The van der Waals surface area contributed by atoms with Gasteiger partial charge in [0, 0.05) is 17.8 Å². The molecule has 0 unspecified atom stereocenters. The summed E-state index contributed by atoms with van der Waals surface area (Å²) in [6.07, 6.45) is 1.46. The smallest absolute Gasteiger partial charge is 0.271 e. The Labute approximate surface area is 94.2 Å². The maximum absolute atomic E-state index is 11.5. The third-order valence-corrected chi connectivity index (χ3v) is 2.00. The van der Waals surface area contributed by atoms with Crippen molar-refractivity contribution in [2.75, 3.05) is 0 Å². The maximum Gasteiger partial charge on any atom is 0.271 e. The van der Waals surface area contributed by atoms with Crippen LogP contribution in [-0.4, -0.2) is 16.8 Å². The van der Waals surface area contributed by atoms with Crippen LogP contribution >= 0.6 is 0 Å². The highest BCUT2D eigenvalue weighted by molar-refractivity contribution is 5.95. The molecular formula is C11H15N3O2. The summed E-state index contributed by atoms with van der Waals surface area (Å²) >= 11 is 0. The first-order chi connectivity index (χ1) is 7.50. The van der Waals surface area contributed by atoms with Crippen LogP contribution in [0.15, 0.2) is 18.3 Å². The van der Waals surface area contributed by atoms with Crippen molar-refractivity contribution in [3.63, 3.8) is 0 Å². The van der Waals surface area contributed by atoms with E-state index in [0.717, 1.165) is 5.69 Å². The molecule has 5 nitrogen and oxygen atoms in total. The van der Waals surface area contributed by atoms with Gasteiger partial charge in [0.15, 0.2) is 0 Å². The van der Waals surface area contributed by atoms with Crippen LogP contribution in [0.5, 0.6) is 0 Å². The van der Waals surface area contributed by atoms with Crippen LogP contribution in [0.1, 0.15) is 29.9 Å². The summed E-state index contributed by atoms with van der Waals surface area (Å²) in [5.41, 5.74) is 5.90. The molecule has 0 fully saturated rings. The number of aryl methyl sites for hydroxylation is 1. The molecule has 2 N–H and O–H groups in total. The molecule has 0 aliphatic heterocycles. The first-order valence-electron chi connectivity index (χ1n) is 5.03. The van der Waals surface area contributed by atoms with Crippen molar-refractivity contribution in [2.45, 2.75) is 20.8 Å². The number of nitrogens with zero attached hydrogens (tertiary/aromatic N) is 1. The molecule has 1 aromatic rings. The molecule has 1 heterocycles. The van der Waals surface area contributed by atoms with Crippen LogP contribution in [0.2, 0.25) is 0 Å². The first-order valence-corrected chi connectivity index (χ1v) is 5.03. The minimum Gasteiger partial charge on any atom is -0.273 e. The van der Waals surface area contributed by atoms with E-state index in [1.165, 1.54) is 6.20 Å². The SMILES string of the molecule is Cc1ccc(C(=O)NNC(=O)C(C)C)cn1. The van der Waals surface area contributed by atoms with E-state index in [0.29, 0.717) is 5.56 Å². The molecule has 1 aromatic heterocycles. The molecule has 0 spiro atoms. The normalized spacial score (nSPS) is 10.0. The van der Waals surface area contributed by atoms with E-state index < -0.39 is 0 Å². The Morgan fingerprint density at radius 1 is 1.25 bits per heavy atom. The van der Waals surface area contributed by atoms with Gasteiger partial charge in [-0.1, -0.05) is 13.8 Å². The molecule has 2 amide bonds. The zero-order valence-corrected chi connectivity index (χ0v) is 9.57. The fourth-order valence-corrected chi connectivity index (χ4v) is 0.937. The lowest BCUT2D eigenvalue weighted by Crippen LogP contribution is -2.43. The van der Waals surface area contributed by atoms with E-state index in [9.17, 15) is 9.59 Å². The number of amides is 2. The van der Waals surface area contributed by atoms with E-state index >= 15 is 0 Å². The number of carbonyl (C=O) groups excluding carboxylic acids is 2. The Balaban J connectivity index is 2.53. The van der Waals surface area contributed by atoms with Gasteiger partial charge in [-0.2, -0.15) is 0 Å². The van der Waals surface area contributed by atoms with Gasteiger partial charge in [-0.25, -0.2) is 0 Å². The minimum absolute atomic E-state index is 0.170. The van der Waals surface area contributed by atoms with Gasteiger partial charge in [0.05, 0.1) is 5.56 Å². The van der Waals surface area contributed by atoms with Crippen molar-refractivity contribution in [3.05, 3.63) is 29.6 Å². The summed E-state index contributed by atoms with van der Waals surface area (Å²) in [5, 5.41) is 0. The molecule has 0 bridgehead atoms. The topological polar surface area (TPSA) is 71.1 Å². The number of hydrogen-bond donors (Lipinski definition) is 2. The zero-order valence-electron chi connectivity index (χ0n) is 9.57. The standard InChI is InChI=1S/C11H15N3O2/c1-7(2)10(15)13-14-11(16)9-5-4-8(3)12-6-9/h4-7H,1-3H3,(H,13,15)(H,14,16). The molecule has 0 aromatic carbocycles. The highest BCUT2D eigenvalue weighted by Gasteiger charge is 2.09. The summed E-state index contributed by atoms with van der Waals surface area (Å²) in [7, 11) is 0. The van der Waals surface area contributed by atoms with Crippen molar-refractivity contribution in [3.8, 4) is 0 Å². The fraction of sp³-hybridized carbons (Fsp3) is 0.364. The number of pyridine rings is 1. The highest BCUT2D eigenvalue weighted by Crippen LogP contribution is 1.98. The molecule has 5 heteroatoms. The largest absolute Gasteiger partial charge is 0.273 e. The third kappa shape index (κ3) is 3.34. The molecule has 0 aliphatic carbocycles. The monoisotopic (exact) mass is 221 g/mol. The highest BCUT2D eigenvalue weighted by atomic mass is 16.2. The van der Waals surface area contributed by atoms with Crippen molar-refractivity contribution >= 4 is 11.8 Å². The van der Waals surface area contributed by atoms with Crippen LogP contribution in [0, 0.1) is 12.8 Å². The molecule has 1 rings (SSSR count). The van der Waals surface area contributed by atoms with Gasteiger partial charge in [0.1, 0.15) is 0 Å². The Morgan fingerprint density at radius 3 is 2.44 bits per heavy atom. The Bertz CT molecular complexity index is 385. The molecule has 0 saturated carbocycles. The van der Waals surface area contributed by atoms with E-state index in [1.807, 2.05) is 6.92 Å². The predicted molar refractivity (Wildman–Crippen MR) is 59.4 cm³/mol. The number of hydrazine groups is 1. The molecule has 0 radical (unpaired) electrons. The van der Waals surface area contributed by atoms with Crippen molar-refractivity contribution < 1.29 is 9.59 Å². The minimum atomic E-state index is -0.374. The lowest BCUT2D eigenvalue weighted by atomic mass is 10.2. The molecule has 0 atom stereocenters. The van der Waals surface area contributed by atoms with E-state index in [2.05, 4.69) is 15.8 Å². The second-order valence-corrected chi connectivity index (χ2v) is 3.79. The number of aromatic nitrogens is 1. The van der Waals surface area contributed by atoms with Crippen molar-refractivity contribution in [1.82, 2.24) is 15.8 Å². The lowest BCUT2D eigenvalue weighted by Gasteiger charge is -2.08. The quantitative estimate of drug-likeness (QED) is 0.726. The second-order valence-electron chi connectivity index (χ2n) is 3.79. The van der Waals surface area contributed by atoms with Gasteiger partial charge in [0.25, 0.3) is 5.91 Å². The Kier molecular flexibility index (Phi) is 3.99. The Hall–Kier alpha value is -1.91. The molecule has 0 saturated heterocycles. The fourth-order valence-electron chi connectivity index (χ4n) is 0.937. The predicted octanol–water partition coefficient (Wildman–Crippen LogP) is 0.807. The van der Waals surface area contributed by atoms with Gasteiger partial charge < -0.3 is 0 Å². The van der Waals surface area contributed by atoms with Crippen molar-refractivity contribution in [2.24, 2.45) is 5.92 Å². The molecule has 86 valence electrons. The number of hydrogen-bond acceptors (Lipinski definition) is 3. The third-order valence-electron chi connectivity index (χ3n) is 2.00. The van der Waals surface area contributed by atoms with Gasteiger partial charge in [-0.15, -0.1) is 0 Å². The number of carbonyl (C=O) groups is 2. The van der Waals surface area contributed by atoms with Crippen molar-refractivity contribution in [1.29, 1.82) is 0 Å². The molecule has 0 aliphatic rings. The van der Waals surface area contributed by atoms with Crippen LogP contribution < -0.4 is 10.9 Å². The van der Waals surface area contributed by atoms with Crippen LogP contribution in [0.4, 0.5) is 0 Å². The van der Waals surface area contributed by atoms with Gasteiger partial charge in [0.2, 0.25) is 5.91 Å². The maximum atomic E-state index is 11.5. The zero-order chi connectivity index (χ0) is 12.1. The summed E-state index contributed by atoms with van der Waals surface area (Å²) in [5.74, 6) is -0.772. The summed E-state index contributed by atoms with van der Waals surface area (Å²) < 4.78 is 0. The number of rotatable bonds is 2. The van der Waals surface area contributed by atoms with E-state index in [-0.39, 0.29) is 17.7 Å². The first kappa shape index (κ1) is 12.2. The van der Waals surface area contributed by atoms with Gasteiger partial charge in [-0.05, 0) is 19.1 Å². The van der Waals surface area contributed by atoms with E-state index in [1.54, 1.807) is 26.0 Å². The lowest BCUT2D eigenvalue weighted by molar-refractivity contribution is -0.124. The Morgan fingerprint density at radius 2 is 1.94 bits per heavy atom. The molecular weight excluding hydrogens is 206 g/mol. The average molecular weight is 221 g/mol. The van der Waals surface area contributed by atoms with Crippen LogP contribution in [0.25, 0.3) is 0 Å². The summed E-state index contributed by atoms with van der Waals surface area (Å²) in [6.45, 7) is 5.33. The van der Waals surface area contributed by atoms with Crippen LogP contribution in [0.3, 0.4) is 0 Å². The average Bonchev–Trinajstić information content (AvgIpc) is 2.26. The molecule has 16 heavy (non-hydrogen) atoms. The summed E-state index contributed by atoms with van der Waals surface area (Å²) in [4.78, 5) is 26.7. The summed E-state index contributed by atoms with van der Waals surface area (Å²) in [6, 6.07) is 3.39. The van der Waals surface area contributed by atoms with E-state index in [4.69, 9.17) is 0 Å². The van der Waals surface area contributed by atoms with Gasteiger partial charge >= 0.3 is 0 Å². The van der Waals surface area contributed by atoms with Crippen LogP contribution in [-0.2, 0) is 4.79 Å². The second kappa shape index (κ2) is 5.25. The van der Waals surface area contributed by atoms with Gasteiger partial charge in [-0.3, -0.25) is 25.4 Å².